The summed E-state index contributed by atoms with van der Waals surface area (Å²) in [4.78, 5) is 39.6. The van der Waals surface area contributed by atoms with Gasteiger partial charge >= 0.3 is 6.03 Å². The Hall–Kier alpha value is -1.24. The predicted molar refractivity (Wildman–Crippen MR) is 72.9 cm³/mol. The lowest BCUT2D eigenvalue weighted by molar-refractivity contribution is -0.130. The number of hydrogen-bond donors (Lipinski definition) is 0. The molecule has 7 heteroatoms. The van der Waals surface area contributed by atoms with E-state index in [0.29, 0.717) is 39.3 Å². The molecule has 0 radical (unpaired) electrons. The molecule has 106 valence electrons. The maximum Gasteiger partial charge on any atom is 0.320 e. The molecule has 2 rings (SSSR count). The highest BCUT2D eigenvalue weighted by molar-refractivity contribution is 8.14. The van der Waals surface area contributed by atoms with E-state index in [9.17, 15) is 14.4 Å². The molecule has 0 atom stereocenters. The minimum absolute atomic E-state index is 0.0311. The molecule has 0 bridgehead atoms. The largest absolute Gasteiger partial charge is 0.339 e. The number of nitrogens with zero attached hydrogens (tertiary/aromatic N) is 3. The molecule has 0 N–H and O–H groups in total. The summed E-state index contributed by atoms with van der Waals surface area (Å²) in [7, 11) is 0. The van der Waals surface area contributed by atoms with Crippen molar-refractivity contribution in [3.05, 3.63) is 0 Å². The van der Waals surface area contributed by atoms with E-state index in [4.69, 9.17) is 0 Å². The van der Waals surface area contributed by atoms with Crippen molar-refractivity contribution in [1.82, 2.24) is 14.7 Å². The summed E-state index contributed by atoms with van der Waals surface area (Å²) in [5.41, 5.74) is 0. The lowest BCUT2D eigenvalue weighted by Gasteiger charge is -2.43. The number of carbonyl (C=O) groups is 3. The Balaban J connectivity index is 1.74. The monoisotopic (exact) mass is 285 g/mol. The first-order valence-electron chi connectivity index (χ1n) is 6.44. The first-order chi connectivity index (χ1) is 8.97. The minimum Gasteiger partial charge on any atom is -0.339 e. The minimum atomic E-state index is 0.0311. The zero-order chi connectivity index (χ0) is 14.0. The summed E-state index contributed by atoms with van der Waals surface area (Å²) < 4.78 is 0. The van der Waals surface area contributed by atoms with E-state index in [1.807, 2.05) is 0 Å². The third kappa shape index (κ3) is 3.40. The van der Waals surface area contributed by atoms with Crippen LogP contribution in [0.3, 0.4) is 0 Å². The van der Waals surface area contributed by atoms with Gasteiger partial charge in [0, 0.05) is 58.4 Å². The normalized spacial score (nSPS) is 20.2. The number of likely N-dealkylation sites (tertiary alicyclic amines) is 1. The highest BCUT2D eigenvalue weighted by Crippen LogP contribution is 2.24. The van der Waals surface area contributed by atoms with E-state index in [2.05, 4.69) is 0 Å². The summed E-state index contributed by atoms with van der Waals surface area (Å²) in [6.45, 7) is 6.82. The Labute approximate surface area is 117 Å². The van der Waals surface area contributed by atoms with E-state index in [-0.39, 0.29) is 22.3 Å². The lowest BCUT2D eigenvalue weighted by Crippen LogP contribution is -2.60. The topological polar surface area (TPSA) is 60.9 Å². The zero-order valence-corrected chi connectivity index (χ0v) is 12.1. The van der Waals surface area contributed by atoms with Crippen molar-refractivity contribution in [1.29, 1.82) is 0 Å². The van der Waals surface area contributed by atoms with Crippen LogP contribution in [0, 0.1) is 0 Å². The summed E-state index contributed by atoms with van der Waals surface area (Å²) in [6.07, 6.45) is 0. The fourth-order valence-electron chi connectivity index (χ4n) is 2.32. The van der Waals surface area contributed by atoms with Gasteiger partial charge in [0.25, 0.3) is 0 Å². The van der Waals surface area contributed by atoms with Gasteiger partial charge in [-0.3, -0.25) is 9.59 Å². The molecule has 3 amide bonds. The van der Waals surface area contributed by atoms with Gasteiger partial charge in [-0.2, -0.15) is 0 Å². The van der Waals surface area contributed by atoms with Crippen LogP contribution in [0.15, 0.2) is 0 Å². The van der Waals surface area contributed by atoms with Crippen LogP contribution in [-0.2, 0) is 9.59 Å². The summed E-state index contributed by atoms with van der Waals surface area (Å²) in [5, 5.41) is 0.354. The molecule has 2 heterocycles. The Kier molecular flexibility index (Phi) is 4.34. The Morgan fingerprint density at radius 2 is 1.42 bits per heavy atom. The molecule has 19 heavy (non-hydrogen) atoms. The van der Waals surface area contributed by atoms with Gasteiger partial charge in [0.15, 0.2) is 5.12 Å². The molecular weight excluding hydrogens is 266 g/mol. The van der Waals surface area contributed by atoms with E-state index < -0.39 is 0 Å². The molecule has 0 aromatic heterocycles. The number of carbonyl (C=O) groups excluding carboxylic acids is 3. The second-order valence-corrected chi connectivity index (χ2v) is 6.39. The van der Waals surface area contributed by atoms with Crippen LogP contribution in [0.5, 0.6) is 0 Å². The van der Waals surface area contributed by atoms with Crippen LogP contribution in [-0.4, -0.2) is 76.3 Å². The number of urea groups is 1. The second-order valence-electron chi connectivity index (χ2n) is 4.91. The molecule has 2 fully saturated rings. The highest BCUT2D eigenvalue weighted by atomic mass is 32.2. The molecule has 0 aliphatic carbocycles. The van der Waals surface area contributed by atoms with Gasteiger partial charge in [0.2, 0.25) is 5.91 Å². The number of piperazine rings is 1. The van der Waals surface area contributed by atoms with Crippen molar-refractivity contribution >= 4 is 28.8 Å². The standard InChI is InChI=1S/C12H19N3O3S/c1-9(16)13-3-5-14(6-4-13)12(18)15-7-11(8-15)19-10(2)17/h11H,3-8H2,1-2H3. The van der Waals surface area contributed by atoms with Crippen molar-refractivity contribution < 1.29 is 14.4 Å². The Morgan fingerprint density at radius 3 is 1.89 bits per heavy atom. The third-order valence-electron chi connectivity index (χ3n) is 3.45. The number of rotatable bonds is 1. The maximum atomic E-state index is 12.1. The number of thioether (sulfide) groups is 1. The summed E-state index contributed by atoms with van der Waals surface area (Å²) in [5.74, 6) is 0.0639. The maximum absolute atomic E-state index is 12.1. The molecule has 0 unspecified atom stereocenters. The summed E-state index contributed by atoms with van der Waals surface area (Å²) >= 11 is 1.31. The molecule has 0 saturated carbocycles. The van der Waals surface area contributed by atoms with Gasteiger partial charge in [-0.15, -0.1) is 0 Å². The van der Waals surface area contributed by atoms with Crippen molar-refractivity contribution in [2.24, 2.45) is 0 Å². The lowest BCUT2D eigenvalue weighted by atomic mass is 10.2. The molecule has 0 aromatic rings. The first-order valence-corrected chi connectivity index (χ1v) is 7.32. The third-order valence-corrected chi connectivity index (χ3v) is 4.41. The second kappa shape index (κ2) is 5.81. The Bertz CT molecular complexity index is 388. The van der Waals surface area contributed by atoms with E-state index in [0.717, 1.165) is 0 Å². The van der Waals surface area contributed by atoms with Crippen LogP contribution in [0.1, 0.15) is 13.8 Å². The quantitative estimate of drug-likeness (QED) is 0.692. The van der Waals surface area contributed by atoms with Gasteiger partial charge in [0.05, 0.1) is 0 Å². The molecule has 2 aliphatic rings. The molecule has 6 nitrogen and oxygen atoms in total. The molecule has 0 aromatic carbocycles. The number of amides is 3. The van der Waals surface area contributed by atoms with Crippen molar-refractivity contribution in [2.45, 2.75) is 19.1 Å². The van der Waals surface area contributed by atoms with E-state index >= 15 is 0 Å². The van der Waals surface area contributed by atoms with Crippen molar-refractivity contribution in [3.63, 3.8) is 0 Å². The highest BCUT2D eigenvalue weighted by Gasteiger charge is 2.35. The average Bonchev–Trinajstić information content (AvgIpc) is 2.32. The van der Waals surface area contributed by atoms with Gasteiger partial charge < -0.3 is 14.7 Å². The van der Waals surface area contributed by atoms with Crippen LogP contribution >= 0.6 is 11.8 Å². The predicted octanol–water partition coefficient (Wildman–Crippen LogP) is 0.234. The van der Waals surface area contributed by atoms with Crippen LogP contribution < -0.4 is 0 Å². The first kappa shape index (κ1) is 14.2. The van der Waals surface area contributed by atoms with Gasteiger partial charge in [0.1, 0.15) is 0 Å². The smallest absolute Gasteiger partial charge is 0.320 e. The summed E-state index contributed by atoms with van der Waals surface area (Å²) in [6, 6.07) is 0.0311. The number of hydrogen-bond acceptors (Lipinski definition) is 4. The molecular formula is C12H19N3O3S. The van der Waals surface area contributed by atoms with E-state index in [1.54, 1.807) is 28.5 Å². The van der Waals surface area contributed by atoms with Crippen LogP contribution in [0.2, 0.25) is 0 Å². The van der Waals surface area contributed by atoms with Gasteiger partial charge in [-0.05, 0) is 0 Å². The molecule has 2 saturated heterocycles. The average molecular weight is 285 g/mol. The van der Waals surface area contributed by atoms with Crippen molar-refractivity contribution in [2.75, 3.05) is 39.3 Å². The van der Waals surface area contributed by atoms with Gasteiger partial charge in [-0.25, -0.2) is 4.79 Å². The van der Waals surface area contributed by atoms with Crippen LogP contribution in [0.4, 0.5) is 4.79 Å². The van der Waals surface area contributed by atoms with Crippen molar-refractivity contribution in [3.8, 4) is 0 Å². The van der Waals surface area contributed by atoms with E-state index in [1.165, 1.54) is 11.8 Å². The molecule has 0 spiro atoms. The molecule has 2 aliphatic heterocycles. The SMILES string of the molecule is CC(=O)SC1CN(C(=O)N2CCN(C(C)=O)CC2)C1. The van der Waals surface area contributed by atoms with Gasteiger partial charge in [-0.1, -0.05) is 11.8 Å². The fourth-order valence-corrected chi connectivity index (χ4v) is 3.29. The van der Waals surface area contributed by atoms with Crippen LogP contribution in [0.25, 0.3) is 0 Å². The zero-order valence-electron chi connectivity index (χ0n) is 11.3. The Morgan fingerprint density at radius 1 is 0.895 bits per heavy atom. The fraction of sp³-hybridized carbons (Fsp3) is 0.750.